The lowest BCUT2D eigenvalue weighted by atomic mass is 9.90. The van der Waals surface area contributed by atoms with Gasteiger partial charge in [-0.3, -0.25) is 14.2 Å². The van der Waals surface area contributed by atoms with Gasteiger partial charge in [0.2, 0.25) is 0 Å². The van der Waals surface area contributed by atoms with Gasteiger partial charge in [0, 0.05) is 30.5 Å². The zero-order valence-corrected chi connectivity index (χ0v) is 19.3. The summed E-state index contributed by atoms with van der Waals surface area (Å²) in [6.45, 7) is 9.32. The molecule has 0 saturated carbocycles. The Morgan fingerprint density at radius 2 is 2.06 bits per heavy atom. The lowest BCUT2D eigenvalue weighted by Crippen LogP contribution is -2.39. The fraction of sp³-hybridized carbons (Fsp3) is 0.545. The average Bonchev–Trinajstić information content (AvgIpc) is 3.15. The van der Waals surface area contributed by atoms with Gasteiger partial charge in [0.1, 0.15) is 21.9 Å². The minimum atomic E-state index is -0.458. The molecule has 0 radical (unpaired) electrons. The molecule has 5 rings (SSSR count). The Kier molecular flexibility index (Phi) is 5.39. The predicted molar refractivity (Wildman–Crippen MR) is 121 cm³/mol. The van der Waals surface area contributed by atoms with E-state index >= 15 is 0 Å². The summed E-state index contributed by atoms with van der Waals surface area (Å²) in [5.41, 5.74) is 2.28. The van der Waals surface area contributed by atoms with Gasteiger partial charge in [-0.25, -0.2) is 9.97 Å². The van der Waals surface area contributed by atoms with Gasteiger partial charge in [-0.1, -0.05) is 0 Å². The molecule has 0 aliphatic carbocycles. The number of hydrogen-bond acceptors (Lipinski definition) is 9. The Labute approximate surface area is 188 Å². The fourth-order valence-corrected chi connectivity index (χ4v) is 5.48. The highest BCUT2D eigenvalue weighted by molar-refractivity contribution is 7.25. The van der Waals surface area contributed by atoms with Crippen LogP contribution in [0, 0.1) is 0 Å². The maximum atomic E-state index is 13.2. The van der Waals surface area contributed by atoms with Crippen LogP contribution < -0.4 is 10.5 Å². The van der Waals surface area contributed by atoms with Crippen molar-refractivity contribution in [1.82, 2.24) is 14.5 Å². The number of morpholine rings is 1. The van der Waals surface area contributed by atoms with Gasteiger partial charge in [-0.2, -0.15) is 0 Å². The van der Waals surface area contributed by atoms with E-state index in [2.05, 4.69) is 23.7 Å². The molecule has 32 heavy (non-hydrogen) atoms. The molecule has 3 aromatic heterocycles. The van der Waals surface area contributed by atoms with E-state index in [4.69, 9.17) is 19.2 Å². The van der Waals surface area contributed by atoms with Crippen LogP contribution in [0.15, 0.2) is 11.1 Å². The van der Waals surface area contributed by atoms with E-state index in [0.717, 1.165) is 40.3 Å². The van der Waals surface area contributed by atoms with Gasteiger partial charge >= 0.3 is 5.97 Å². The fourth-order valence-electron chi connectivity index (χ4n) is 4.38. The Morgan fingerprint density at radius 3 is 2.81 bits per heavy atom. The molecule has 0 aromatic carbocycles. The molecule has 2 aliphatic heterocycles. The lowest BCUT2D eigenvalue weighted by Gasteiger charge is -2.36. The first kappa shape index (κ1) is 21.3. The molecule has 3 aromatic rings. The number of fused-ring (bicyclic) bond motifs is 5. The first-order valence-electron chi connectivity index (χ1n) is 10.8. The SMILES string of the molecule is CCOC(=O)Cn1cnc2c(sc3nc(N4CCOCC4)c4c(c32)CC(C)(C)OC4)c1=O. The van der Waals surface area contributed by atoms with Crippen molar-refractivity contribution < 1.29 is 19.0 Å². The van der Waals surface area contributed by atoms with Crippen LogP contribution in [0.3, 0.4) is 0 Å². The molecule has 1 fully saturated rings. The molecule has 0 amide bonds. The van der Waals surface area contributed by atoms with Gasteiger partial charge in [0.15, 0.2) is 0 Å². The number of thiophene rings is 1. The Bertz CT molecular complexity index is 1260. The first-order chi connectivity index (χ1) is 15.4. The van der Waals surface area contributed by atoms with Crippen LogP contribution >= 0.6 is 11.3 Å². The summed E-state index contributed by atoms with van der Waals surface area (Å²) < 4.78 is 18.5. The summed E-state index contributed by atoms with van der Waals surface area (Å²) in [5.74, 6) is 0.450. The van der Waals surface area contributed by atoms with E-state index in [0.29, 0.717) is 36.5 Å². The van der Waals surface area contributed by atoms with Gasteiger partial charge in [-0.05, 0) is 26.3 Å². The third-order valence-electron chi connectivity index (χ3n) is 5.91. The van der Waals surface area contributed by atoms with E-state index in [9.17, 15) is 9.59 Å². The van der Waals surface area contributed by atoms with Gasteiger partial charge < -0.3 is 19.1 Å². The monoisotopic (exact) mass is 458 g/mol. The molecule has 5 heterocycles. The van der Waals surface area contributed by atoms with E-state index in [-0.39, 0.29) is 24.3 Å². The summed E-state index contributed by atoms with van der Waals surface area (Å²) in [6, 6.07) is 0. The Hall–Kier alpha value is -2.56. The lowest BCUT2D eigenvalue weighted by molar-refractivity contribution is -0.143. The molecule has 1 saturated heterocycles. The van der Waals surface area contributed by atoms with Crippen molar-refractivity contribution in [2.24, 2.45) is 0 Å². The summed E-state index contributed by atoms with van der Waals surface area (Å²) in [6.07, 6.45) is 2.14. The van der Waals surface area contributed by atoms with Crippen LogP contribution in [0.4, 0.5) is 5.82 Å². The number of anilines is 1. The Morgan fingerprint density at radius 1 is 1.28 bits per heavy atom. The Balaban J connectivity index is 1.71. The van der Waals surface area contributed by atoms with Crippen molar-refractivity contribution in [3.8, 4) is 0 Å². The number of pyridine rings is 1. The normalized spacial score (nSPS) is 18.2. The minimum absolute atomic E-state index is 0.157. The van der Waals surface area contributed by atoms with Gasteiger partial charge in [0.25, 0.3) is 5.56 Å². The molecule has 170 valence electrons. The predicted octanol–water partition coefficient (Wildman–Crippen LogP) is 2.26. The molecule has 0 unspecified atom stereocenters. The van der Waals surface area contributed by atoms with E-state index in [1.165, 1.54) is 22.2 Å². The molecule has 2 aliphatic rings. The number of nitrogens with zero attached hydrogens (tertiary/aromatic N) is 4. The third kappa shape index (κ3) is 3.66. The van der Waals surface area contributed by atoms with Crippen LogP contribution in [0.1, 0.15) is 31.9 Å². The van der Waals surface area contributed by atoms with E-state index < -0.39 is 5.97 Å². The second-order valence-electron chi connectivity index (χ2n) is 8.66. The number of aromatic nitrogens is 3. The van der Waals surface area contributed by atoms with Crippen LogP contribution in [0.2, 0.25) is 0 Å². The van der Waals surface area contributed by atoms with Gasteiger partial charge in [0.05, 0.1) is 43.9 Å². The number of rotatable bonds is 4. The molecule has 0 N–H and O–H groups in total. The number of ether oxygens (including phenoxy) is 3. The number of carbonyl (C=O) groups is 1. The zero-order chi connectivity index (χ0) is 22.5. The molecule has 9 nitrogen and oxygen atoms in total. The zero-order valence-electron chi connectivity index (χ0n) is 18.5. The minimum Gasteiger partial charge on any atom is -0.465 e. The number of esters is 1. The second-order valence-corrected chi connectivity index (χ2v) is 9.66. The maximum Gasteiger partial charge on any atom is 0.326 e. The van der Waals surface area contributed by atoms with Crippen molar-refractivity contribution in [3.05, 3.63) is 27.8 Å². The second kappa shape index (κ2) is 8.09. The van der Waals surface area contributed by atoms with Crippen molar-refractivity contribution in [3.63, 3.8) is 0 Å². The summed E-state index contributed by atoms with van der Waals surface area (Å²) >= 11 is 1.34. The number of hydrogen-bond donors (Lipinski definition) is 0. The largest absolute Gasteiger partial charge is 0.465 e. The summed E-state index contributed by atoms with van der Waals surface area (Å²) in [4.78, 5) is 37.7. The smallest absolute Gasteiger partial charge is 0.326 e. The summed E-state index contributed by atoms with van der Waals surface area (Å²) in [5, 5.41) is 0.925. The van der Waals surface area contributed by atoms with Crippen LogP contribution in [0.25, 0.3) is 20.4 Å². The first-order valence-corrected chi connectivity index (χ1v) is 11.7. The van der Waals surface area contributed by atoms with Crippen LogP contribution in [-0.2, 0) is 38.6 Å². The van der Waals surface area contributed by atoms with E-state index in [1.54, 1.807) is 6.92 Å². The highest BCUT2D eigenvalue weighted by atomic mass is 32.1. The molecular formula is C22H26N4O5S. The van der Waals surface area contributed by atoms with Crippen molar-refractivity contribution >= 4 is 43.6 Å². The molecule has 0 spiro atoms. The highest BCUT2D eigenvalue weighted by Gasteiger charge is 2.33. The van der Waals surface area contributed by atoms with Crippen molar-refractivity contribution in [1.29, 1.82) is 0 Å². The topological polar surface area (TPSA) is 95.8 Å². The quantitative estimate of drug-likeness (QED) is 0.550. The van der Waals surface area contributed by atoms with Crippen molar-refractivity contribution in [2.45, 2.75) is 45.9 Å². The highest BCUT2D eigenvalue weighted by Crippen LogP contribution is 2.42. The molecule has 0 atom stereocenters. The van der Waals surface area contributed by atoms with Crippen LogP contribution in [-0.4, -0.2) is 59.0 Å². The maximum absolute atomic E-state index is 13.2. The number of carbonyl (C=O) groups excluding carboxylic acids is 1. The third-order valence-corrected chi connectivity index (χ3v) is 6.98. The van der Waals surface area contributed by atoms with Crippen molar-refractivity contribution in [2.75, 3.05) is 37.8 Å². The van der Waals surface area contributed by atoms with E-state index in [1.807, 2.05) is 0 Å². The standard InChI is InChI=1S/C22H26N4O5S/c1-4-30-15(27)10-26-12-23-17-16-13-9-22(2,3)31-11-14(13)19(25-5-7-29-8-6-25)24-20(16)32-18(17)21(26)28/h12H,4-11H2,1-3H3. The van der Waals surface area contributed by atoms with Gasteiger partial charge in [-0.15, -0.1) is 11.3 Å². The molecule has 10 heteroatoms. The summed E-state index contributed by atoms with van der Waals surface area (Å²) in [7, 11) is 0. The average molecular weight is 459 g/mol. The molecular weight excluding hydrogens is 432 g/mol. The van der Waals surface area contributed by atoms with Crippen LogP contribution in [0.5, 0.6) is 0 Å². The molecule has 0 bridgehead atoms.